The number of nitrogens with one attached hydrogen (secondary N) is 1. The third-order valence-corrected chi connectivity index (χ3v) is 5.49. The summed E-state index contributed by atoms with van der Waals surface area (Å²) >= 11 is 1.42. The number of amides is 1. The fourth-order valence-corrected chi connectivity index (χ4v) is 3.88. The van der Waals surface area contributed by atoms with E-state index in [4.69, 9.17) is 0 Å². The van der Waals surface area contributed by atoms with Gasteiger partial charge < -0.3 is 5.32 Å². The third kappa shape index (κ3) is 3.95. The molecule has 1 aromatic heterocycles. The van der Waals surface area contributed by atoms with Crippen LogP contribution >= 0.6 is 11.8 Å². The third-order valence-electron chi connectivity index (χ3n) is 4.44. The number of thioether (sulfide) groups is 1. The van der Waals surface area contributed by atoms with E-state index < -0.39 is 0 Å². The topological polar surface area (TPSA) is 72.7 Å². The lowest BCUT2D eigenvalue weighted by Crippen LogP contribution is -2.33. The number of aromatic nitrogens is 4. The van der Waals surface area contributed by atoms with Gasteiger partial charge in [-0.3, -0.25) is 4.79 Å². The number of nitrogens with zero attached hydrogens (tertiary/aromatic N) is 4. The number of tetrazole rings is 1. The Labute approximate surface area is 146 Å². The molecular weight excluding hydrogens is 322 g/mol. The molecule has 0 radical (unpaired) electrons. The predicted octanol–water partition coefficient (Wildman–Crippen LogP) is 3.15. The van der Waals surface area contributed by atoms with E-state index in [1.165, 1.54) is 24.6 Å². The molecule has 1 aliphatic carbocycles. The van der Waals surface area contributed by atoms with Crippen molar-refractivity contribution in [3.63, 3.8) is 0 Å². The summed E-state index contributed by atoms with van der Waals surface area (Å²) < 4.78 is 1.89. The monoisotopic (exact) mass is 345 g/mol. The second-order valence-electron chi connectivity index (χ2n) is 6.25. The highest BCUT2D eigenvalue weighted by Crippen LogP contribution is 2.32. The first kappa shape index (κ1) is 17.0. The number of carbonyl (C=O) groups is 1. The zero-order chi connectivity index (χ0) is 16.9. The summed E-state index contributed by atoms with van der Waals surface area (Å²) in [5.74, 6) is -0.00248. The summed E-state index contributed by atoms with van der Waals surface area (Å²) in [6, 6.07) is 10.3. The maximum atomic E-state index is 12.5. The summed E-state index contributed by atoms with van der Waals surface area (Å²) in [5, 5.41) is 15.6. The zero-order valence-corrected chi connectivity index (χ0v) is 14.9. The van der Waals surface area contributed by atoms with Gasteiger partial charge >= 0.3 is 0 Å². The zero-order valence-electron chi connectivity index (χ0n) is 14.1. The molecule has 1 aliphatic rings. The van der Waals surface area contributed by atoms with Crippen LogP contribution in [-0.4, -0.2) is 31.4 Å². The van der Waals surface area contributed by atoms with Crippen molar-refractivity contribution in [2.24, 2.45) is 0 Å². The van der Waals surface area contributed by atoms with E-state index in [2.05, 4.69) is 20.8 Å². The fourth-order valence-electron chi connectivity index (χ4n) is 3.01. The van der Waals surface area contributed by atoms with Crippen LogP contribution in [0.4, 0.5) is 0 Å². The minimum absolute atomic E-state index is 0.00248. The number of rotatable bonds is 6. The van der Waals surface area contributed by atoms with Crippen molar-refractivity contribution < 1.29 is 4.79 Å². The average molecular weight is 345 g/mol. The van der Waals surface area contributed by atoms with Crippen LogP contribution in [0.15, 0.2) is 35.5 Å². The molecule has 0 saturated heterocycles. The first-order chi connectivity index (χ1) is 11.6. The lowest BCUT2D eigenvalue weighted by Gasteiger charge is -2.18. The average Bonchev–Trinajstić information content (AvgIpc) is 3.26. The van der Waals surface area contributed by atoms with E-state index in [1.807, 2.05) is 48.9 Å². The van der Waals surface area contributed by atoms with Crippen molar-refractivity contribution in [2.75, 3.05) is 0 Å². The maximum absolute atomic E-state index is 12.5. The molecule has 2 atom stereocenters. The van der Waals surface area contributed by atoms with Gasteiger partial charge in [0.2, 0.25) is 11.1 Å². The first-order valence-corrected chi connectivity index (χ1v) is 9.33. The summed E-state index contributed by atoms with van der Waals surface area (Å²) in [6.07, 6.45) is 4.67. The van der Waals surface area contributed by atoms with Gasteiger partial charge in [0.25, 0.3) is 0 Å². The van der Waals surface area contributed by atoms with Gasteiger partial charge in [-0.1, -0.05) is 54.9 Å². The van der Waals surface area contributed by atoms with Crippen LogP contribution in [0.3, 0.4) is 0 Å². The van der Waals surface area contributed by atoms with Gasteiger partial charge in [0.15, 0.2) is 0 Å². The number of benzene rings is 1. The largest absolute Gasteiger partial charge is 0.349 e. The summed E-state index contributed by atoms with van der Waals surface area (Å²) in [6.45, 7) is 3.89. The quantitative estimate of drug-likeness (QED) is 0.814. The van der Waals surface area contributed by atoms with Crippen LogP contribution in [0.1, 0.15) is 57.2 Å². The minimum atomic E-state index is -0.248. The van der Waals surface area contributed by atoms with Gasteiger partial charge in [0.1, 0.15) is 0 Å². The van der Waals surface area contributed by atoms with E-state index >= 15 is 0 Å². The highest BCUT2D eigenvalue weighted by Gasteiger charge is 2.25. The molecule has 1 heterocycles. The van der Waals surface area contributed by atoms with Gasteiger partial charge in [-0.15, -0.1) is 5.10 Å². The number of hydrogen-bond donors (Lipinski definition) is 1. The molecule has 1 N–H and O–H groups in total. The van der Waals surface area contributed by atoms with Crippen LogP contribution in [-0.2, 0) is 4.79 Å². The molecule has 0 spiro atoms. The lowest BCUT2D eigenvalue weighted by atomic mass is 10.1. The van der Waals surface area contributed by atoms with Crippen molar-refractivity contribution in [3.05, 3.63) is 35.9 Å². The molecule has 1 amide bonds. The standard InChI is InChI=1S/C17H23N5OS/c1-12(14-8-4-3-5-9-14)18-16(23)13(2)24-17-19-20-21-22(17)15-10-6-7-11-15/h3-5,8-9,12-13,15H,6-7,10-11H2,1-2H3,(H,18,23). The van der Waals surface area contributed by atoms with Gasteiger partial charge in [-0.2, -0.15) is 0 Å². The smallest absolute Gasteiger partial charge is 0.233 e. The molecule has 1 aromatic carbocycles. The van der Waals surface area contributed by atoms with Crippen molar-refractivity contribution in [3.8, 4) is 0 Å². The minimum Gasteiger partial charge on any atom is -0.349 e. The van der Waals surface area contributed by atoms with Crippen molar-refractivity contribution in [1.29, 1.82) is 0 Å². The summed E-state index contributed by atoms with van der Waals surface area (Å²) in [5.41, 5.74) is 1.10. The number of carbonyl (C=O) groups excluding carboxylic acids is 1. The van der Waals surface area contributed by atoms with Crippen molar-refractivity contribution in [2.45, 2.75) is 62.0 Å². The van der Waals surface area contributed by atoms with Crippen LogP contribution < -0.4 is 5.32 Å². The molecule has 2 unspecified atom stereocenters. The van der Waals surface area contributed by atoms with E-state index in [-0.39, 0.29) is 17.2 Å². The van der Waals surface area contributed by atoms with Crippen molar-refractivity contribution >= 4 is 17.7 Å². The van der Waals surface area contributed by atoms with E-state index in [0.717, 1.165) is 23.6 Å². The predicted molar refractivity (Wildman–Crippen MR) is 93.6 cm³/mol. The molecule has 6 nitrogen and oxygen atoms in total. The molecule has 0 aliphatic heterocycles. The molecule has 3 rings (SSSR count). The molecular formula is C17H23N5OS. The Morgan fingerprint density at radius 1 is 1.25 bits per heavy atom. The van der Waals surface area contributed by atoms with Crippen LogP contribution in [0.5, 0.6) is 0 Å². The van der Waals surface area contributed by atoms with E-state index in [1.54, 1.807) is 0 Å². The highest BCUT2D eigenvalue weighted by molar-refractivity contribution is 8.00. The van der Waals surface area contributed by atoms with Crippen LogP contribution in [0.25, 0.3) is 0 Å². The highest BCUT2D eigenvalue weighted by atomic mass is 32.2. The van der Waals surface area contributed by atoms with E-state index in [9.17, 15) is 4.79 Å². The molecule has 2 aromatic rings. The Kier molecular flexibility index (Phi) is 5.50. The van der Waals surface area contributed by atoms with Gasteiger partial charge in [-0.05, 0) is 42.7 Å². The maximum Gasteiger partial charge on any atom is 0.233 e. The Hall–Kier alpha value is -1.89. The molecule has 128 valence electrons. The van der Waals surface area contributed by atoms with Gasteiger partial charge in [0.05, 0.1) is 17.3 Å². The Morgan fingerprint density at radius 3 is 2.67 bits per heavy atom. The Balaban J connectivity index is 1.59. The van der Waals surface area contributed by atoms with Gasteiger partial charge in [0, 0.05) is 0 Å². The Morgan fingerprint density at radius 2 is 1.96 bits per heavy atom. The van der Waals surface area contributed by atoms with Crippen LogP contribution in [0, 0.1) is 0 Å². The number of hydrogen-bond acceptors (Lipinski definition) is 5. The second-order valence-corrected chi connectivity index (χ2v) is 7.55. The summed E-state index contributed by atoms with van der Waals surface area (Å²) in [7, 11) is 0. The van der Waals surface area contributed by atoms with Gasteiger partial charge in [-0.25, -0.2) is 4.68 Å². The second kappa shape index (κ2) is 7.79. The molecule has 24 heavy (non-hydrogen) atoms. The SMILES string of the molecule is CC(Sc1nnnn1C1CCCC1)C(=O)NC(C)c1ccccc1. The fraction of sp³-hybridized carbons (Fsp3) is 0.529. The summed E-state index contributed by atoms with van der Waals surface area (Å²) in [4.78, 5) is 12.5. The molecule has 1 saturated carbocycles. The van der Waals surface area contributed by atoms with E-state index in [0.29, 0.717) is 6.04 Å². The van der Waals surface area contributed by atoms with Crippen molar-refractivity contribution in [1.82, 2.24) is 25.5 Å². The molecule has 0 bridgehead atoms. The molecule has 1 fully saturated rings. The molecule has 7 heteroatoms. The Bertz CT molecular complexity index is 669. The first-order valence-electron chi connectivity index (χ1n) is 8.45. The van der Waals surface area contributed by atoms with Crippen LogP contribution in [0.2, 0.25) is 0 Å². The normalized spacial score (nSPS) is 17.6. The lowest BCUT2D eigenvalue weighted by molar-refractivity contribution is -0.120.